The molecule has 2 aromatic carbocycles. The van der Waals surface area contributed by atoms with Crippen LogP contribution in [0.3, 0.4) is 0 Å². The summed E-state index contributed by atoms with van der Waals surface area (Å²) < 4.78 is 30.9. The van der Waals surface area contributed by atoms with E-state index in [-0.39, 0.29) is 0 Å². The molecule has 0 heterocycles. The van der Waals surface area contributed by atoms with Crippen molar-refractivity contribution < 1.29 is 16.7 Å². The van der Waals surface area contributed by atoms with Crippen LogP contribution in [0.15, 0.2) is 63.7 Å². The van der Waals surface area contributed by atoms with Gasteiger partial charge in [-0.05, 0) is 107 Å². The van der Waals surface area contributed by atoms with Crippen molar-refractivity contribution in [3.05, 3.63) is 48.5 Å². The van der Waals surface area contributed by atoms with E-state index in [1.165, 1.54) is 0 Å². The fourth-order valence-electron chi connectivity index (χ4n) is 3.60. The molecular weight excluding hydrogens is 525 g/mol. The summed E-state index contributed by atoms with van der Waals surface area (Å²) in [4.78, 5) is 2.58. The highest BCUT2D eigenvalue weighted by molar-refractivity contribution is 7.80. The zero-order valence-corrected chi connectivity index (χ0v) is 26.9. The van der Waals surface area contributed by atoms with E-state index in [9.17, 15) is 4.21 Å². The van der Waals surface area contributed by atoms with Gasteiger partial charge in [0.1, 0.15) is 0 Å². The van der Waals surface area contributed by atoms with Crippen LogP contribution in [0, 0.1) is 0 Å². The lowest BCUT2D eigenvalue weighted by Crippen LogP contribution is -2.52. The number of rotatable bonds is 14. The Hall–Kier alpha value is -1.52. The quantitative estimate of drug-likeness (QED) is 0.116. The minimum Gasteiger partial charge on any atom is -0.437 e. The molecule has 200 valence electrons. The summed E-state index contributed by atoms with van der Waals surface area (Å²) in [5.41, 5.74) is 5.39. The fraction of sp³-hybridized carbons (Fsp3) is 0.500. The van der Waals surface area contributed by atoms with Crippen LogP contribution in [0.5, 0.6) is 0 Å². The van der Waals surface area contributed by atoms with Gasteiger partial charge in [0.15, 0.2) is 16.6 Å². The van der Waals surface area contributed by atoms with Gasteiger partial charge in [-0.2, -0.15) is 20.0 Å². The molecule has 0 aliphatic carbocycles. The van der Waals surface area contributed by atoms with Crippen molar-refractivity contribution in [2.24, 2.45) is 10.2 Å². The Bertz CT molecular complexity index is 992. The van der Waals surface area contributed by atoms with Gasteiger partial charge in [-0.3, -0.25) is 0 Å². The molecule has 0 spiro atoms. The molecule has 0 saturated heterocycles. The van der Waals surface area contributed by atoms with Crippen molar-refractivity contribution in [1.82, 2.24) is 5.48 Å². The first-order chi connectivity index (χ1) is 16.7. The molecule has 1 unspecified atom stereocenters. The number of nitrogens with one attached hydrogen (secondary N) is 1. The van der Waals surface area contributed by atoms with Crippen LogP contribution < -0.4 is 10.4 Å². The number of azo groups is 1. The smallest absolute Gasteiger partial charge is 0.314 e. The van der Waals surface area contributed by atoms with E-state index in [0.29, 0.717) is 17.1 Å². The third-order valence-corrected chi connectivity index (χ3v) is 15.3. The predicted octanol–water partition coefficient (Wildman–Crippen LogP) is 6.88. The molecule has 36 heavy (non-hydrogen) atoms. The van der Waals surface area contributed by atoms with Gasteiger partial charge >= 0.3 is 8.56 Å². The van der Waals surface area contributed by atoms with Crippen molar-refractivity contribution in [3.63, 3.8) is 0 Å². The van der Waals surface area contributed by atoms with E-state index in [1.54, 1.807) is 24.3 Å². The lowest BCUT2D eigenvalue weighted by Gasteiger charge is -2.38. The Morgan fingerprint density at radius 2 is 1.28 bits per heavy atom. The number of benzene rings is 2. The van der Waals surface area contributed by atoms with Crippen LogP contribution in [0.25, 0.3) is 0 Å². The summed E-state index contributed by atoms with van der Waals surface area (Å²) in [5, 5.41) is 8.51. The lowest BCUT2D eigenvalue weighted by atomic mass is 10.3. The molecule has 0 radical (unpaired) electrons. The maximum absolute atomic E-state index is 12.5. The first-order valence-electron chi connectivity index (χ1n) is 12.2. The van der Waals surface area contributed by atoms with Crippen molar-refractivity contribution in [1.29, 1.82) is 0 Å². The topological polar surface area (TPSA) is 84.8 Å². The van der Waals surface area contributed by atoms with Gasteiger partial charge in [-0.25, -0.2) is 4.21 Å². The molecule has 12 heteroatoms. The van der Waals surface area contributed by atoms with Crippen LogP contribution in [-0.4, -0.2) is 50.0 Å². The van der Waals surface area contributed by atoms with E-state index in [2.05, 4.69) is 61.5 Å². The molecule has 0 fully saturated rings. The van der Waals surface area contributed by atoms with Crippen molar-refractivity contribution in [2.45, 2.75) is 63.2 Å². The average Bonchev–Trinajstić information content (AvgIpc) is 2.75. The van der Waals surface area contributed by atoms with Crippen molar-refractivity contribution >= 4 is 53.3 Å². The number of hydroxylamine groups is 1. The maximum Gasteiger partial charge on any atom is 0.314 e. The van der Waals surface area contributed by atoms with Crippen molar-refractivity contribution in [2.75, 3.05) is 25.5 Å². The van der Waals surface area contributed by atoms with Crippen LogP contribution in [0.2, 0.25) is 51.9 Å². The summed E-state index contributed by atoms with van der Waals surface area (Å²) >= 11 is -1.62. The first kappa shape index (κ1) is 30.7. The maximum atomic E-state index is 12.5. The Balaban J connectivity index is 1.82. The second-order valence-corrected chi connectivity index (χ2v) is 24.9. The summed E-state index contributed by atoms with van der Waals surface area (Å²) in [7, 11) is -1.73. The third-order valence-electron chi connectivity index (χ3n) is 4.76. The minimum absolute atomic E-state index is 0.556. The van der Waals surface area contributed by atoms with Crippen molar-refractivity contribution in [3.8, 4) is 0 Å². The van der Waals surface area contributed by atoms with Crippen LogP contribution >= 0.6 is 0 Å². The van der Waals surface area contributed by atoms with E-state index in [1.807, 2.05) is 43.3 Å². The highest BCUT2D eigenvalue weighted by Crippen LogP contribution is 2.25. The molecule has 1 N–H and O–H groups in total. The molecule has 2 aromatic rings. The third kappa shape index (κ3) is 11.7. The first-order valence-corrected chi connectivity index (χ1v) is 22.6. The highest BCUT2D eigenvalue weighted by atomic mass is 32.2. The molecular formula is C24H42N4O4SSi3. The summed E-state index contributed by atoms with van der Waals surface area (Å²) in [6.45, 7) is 15.9. The van der Waals surface area contributed by atoms with Gasteiger partial charge < -0.3 is 13.1 Å². The molecule has 8 nitrogen and oxygen atoms in total. The van der Waals surface area contributed by atoms with Crippen LogP contribution in [0.1, 0.15) is 6.42 Å². The van der Waals surface area contributed by atoms with Gasteiger partial charge in [0.25, 0.3) is 0 Å². The van der Waals surface area contributed by atoms with Gasteiger partial charge in [0.2, 0.25) is 11.1 Å². The molecule has 0 amide bonds. The summed E-state index contributed by atoms with van der Waals surface area (Å²) in [6.07, 6.45) is 0.823. The van der Waals surface area contributed by atoms with Gasteiger partial charge in [0, 0.05) is 26.3 Å². The zero-order valence-electron chi connectivity index (χ0n) is 23.1. The second-order valence-electron chi connectivity index (χ2n) is 11.0. The molecule has 0 aromatic heterocycles. The molecule has 2 rings (SSSR count). The molecule has 1 atom stereocenters. The zero-order chi connectivity index (χ0) is 27.0. The molecule has 0 aliphatic heterocycles. The standard InChI is InChI=1S/C24H42N4O4SSi3/c1-28(2)23-15-11-21(12-16-23)26-27-22-13-17-24(18-14-22)33(29)30-25-19-10-20-36(9,31-34(3,4)5)32-35(6,7)8/h11-18,25H,10,19-20H2,1-9H3. The Morgan fingerprint density at radius 3 is 1.72 bits per heavy atom. The number of hydrogen-bond acceptors (Lipinski definition) is 8. The van der Waals surface area contributed by atoms with Crippen LogP contribution in [0.4, 0.5) is 17.1 Å². The normalized spacial score (nSPS) is 13.8. The number of anilines is 1. The lowest BCUT2D eigenvalue weighted by molar-refractivity contribution is 0.220. The van der Waals surface area contributed by atoms with Crippen LogP contribution in [-0.2, 0) is 23.6 Å². The highest BCUT2D eigenvalue weighted by Gasteiger charge is 2.39. The Kier molecular flexibility index (Phi) is 11.4. The Morgan fingerprint density at radius 1 is 0.806 bits per heavy atom. The SMILES string of the molecule is CN(C)c1ccc(N=Nc2ccc(S(=O)ONCCC[Si](C)(O[Si](C)(C)C)O[Si](C)(C)C)cc2)cc1. The summed E-state index contributed by atoms with van der Waals surface area (Å²) in [6, 6.07) is 15.7. The average molecular weight is 567 g/mol. The largest absolute Gasteiger partial charge is 0.437 e. The fourth-order valence-corrected chi connectivity index (χ4v) is 16.8. The Labute approximate surface area is 222 Å². The predicted molar refractivity (Wildman–Crippen MR) is 157 cm³/mol. The van der Waals surface area contributed by atoms with Gasteiger partial charge in [0.05, 0.1) is 16.3 Å². The van der Waals surface area contributed by atoms with E-state index in [0.717, 1.165) is 23.8 Å². The molecule has 0 aliphatic rings. The minimum atomic E-state index is -2.28. The van der Waals surface area contributed by atoms with E-state index in [4.69, 9.17) is 12.5 Å². The van der Waals surface area contributed by atoms with E-state index >= 15 is 0 Å². The monoisotopic (exact) mass is 566 g/mol. The molecule has 0 saturated carbocycles. The summed E-state index contributed by atoms with van der Waals surface area (Å²) in [5.74, 6) is 0. The molecule has 0 bridgehead atoms. The number of hydrogen-bond donors (Lipinski definition) is 1. The van der Waals surface area contributed by atoms with E-state index < -0.39 is 36.3 Å². The number of nitrogens with zero attached hydrogens (tertiary/aromatic N) is 3. The second kappa shape index (κ2) is 13.3. The van der Waals surface area contributed by atoms with Gasteiger partial charge in [-0.1, -0.05) is 0 Å². The van der Waals surface area contributed by atoms with Gasteiger partial charge in [-0.15, -0.1) is 0 Å².